The summed E-state index contributed by atoms with van der Waals surface area (Å²) < 4.78 is 1.43. The van der Waals surface area contributed by atoms with E-state index in [2.05, 4.69) is 10.3 Å². The normalized spacial score (nSPS) is 10.8. The molecule has 2 aromatic heterocycles. The third-order valence-corrected chi connectivity index (χ3v) is 3.50. The van der Waals surface area contributed by atoms with Crippen LogP contribution in [0.1, 0.15) is 11.3 Å². The molecular formula is C11H13N3O2S. The number of amides is 1. The van der Waals surface area contributed by atoms with E-state index in [1.165, 1.54) is 15.5 Å². The highest BCUT2D eigenvalue weighted by atomic mass is 32.1. The standard InChI is InChI=1S/C11H13N3O2S/c1-6-4-7(2)13-10-9(6)11(16)14(17-10)5-8(15)12-3/h4H,5H2,1-3H3,(H,12,15). The van der Waals surface area contributed by atoms with E-state index in [4.69, 9.17) is 0 Å². The molecule has 0 aliphatic heterocycles. The zero-order valence-electron chi connectivity index (χ0n) is 9.90. The monoisotopic (exact) mass is 251 g/mol. The molecule has 0 fully saturated rings. The number of carbonyl (C=O) groups excluding carboxylic acids is 1. The number of aromatic nitrogens is 2. The minimum atomic E-state index is -0.187. The van der Waals surface area contributed by atoms with Crippen LogP contribution in [0.25, 0.3) is 10.2 Å². The van der Waals surface area contributed by atoms with Gasteiger partial charge in [-0.15, -0.1) is 0 Å². The average Bonchev–Trinajstić information content (AvgIpc) is 2.55. The lowest BCUT2D eigenvalue weighted by atomic mass is 10.2. The fraction of sp³-hybridized carbons (Fsp3) is 0.364. The summed E-state index contributed by atoms with van der Waals surface area (Å²) in [6.45, 7) is 3.82. The van der Waals surface area contributed by atoms with Gasteiger partial charge in [-0.3, -0.25) is 13.5 Å². The summed E-state index contributed by atoms with van der Waals surface area (Å²) in [6, 6.07) is 1.88. The Hall–Kier alpha value is -1.69. The number of nitrogens with zero attached hydrogens (tertiary/aromatic N) is 2. The van der Waals surface area contributed by atoms with Gasteiger partial charge in [0.1, 0.15) is 11.4 Å². The van der Waals surface area contributed by atoms with Gasteiger partial charge >= 0.3 is 0 Å². The molecule has 90 valence electrons. The Balaban J connectivity index is 2.61. The maximum atomic E-state index is 12.1. The van der Waals surface area contributed by atoms with Crippen molar-refractivity contribution in [2.75, 3.05) is 7.05 Å². The molecule has 0 aliphatic carbocycles. The smallest absolute Gasteiger partial charge is 0.270 e. The molecule has 0 aromatic carbocycles. The molecule has 1 amide bonds. The van der Waals surface area contributed by atoms with E-state index in [1.807, 2.05) is 19.9 Å². The van der Waals surface area contributed by atoms with Crippen LogP contribution < -0.4 is 10.9 Å². The first-order chi connectivity index (χ1) is 8.02. The fourth-order valence-corrected chi connectivity index (χ4v) is 2.80. The molecule has 6 heteroatoms. The van der Waals surface area contributed by atoms with Gasteiger partial charge in [-0.05, 0) is 37.0 Å². The molecule has 0 unspecified atom stereocenters. The first-order valence-electron chi connectivity index (χ1n) is 5.21. The number of nitrogens with one attached hydrogen (secondary N) is 1. The zero-order valence-corrected chi connectivity index (χ0v) is 10.7. The van der Waals surface area contributed by atoms with Gasteiger partial charge in [0, 0.05) is 12.7 Å². The topological polar surface area (TPSA) is 64.0 Å². The molecule has 1 N–H and O–H groups in total. The van der Waals surface area contributed by atoms with Crippen LogP contribution in [-0.2, 0) is 11.3 Å². The van der Waals surface area contributed by atoms with Gasteiger partial charge in [0.05, 0.1) is 5.39 Å². The highest BCUT2D eigenvalue weighted by molar-refractivity contribution is 7.13. The van der Waals surface area contributed by atoms with Crippen molar-refractivity contribution in [2.45, 2.75) is 20.4 Å². The van der Waals surface area contributed by atoms with Gasteiger partial charge < -0.3 is 5.32 Å². The lowest BCUT2D eigenvalue weighted by Gasteiger charge is -1.97. The number of likely N-dealkylation sites (N-methyl/N-ethyl adjacent to an activating group) is 1. The van der Waals surface area contributed by atoms with Crippen molar-refractivity contribution in [3.8, 4) is 0 Å². The van der Waals surface area contributed by atoms with Gasteiger partial charge in [0.15, 0.2) is 0 Å². The Bertz CT molecular complexity index is 642. The molecule has 0 aliphatic rings. The molecule has 0 radical (unpaired) electrons. The van der Waals surface area contributed by atoms with E-state index in [0.29, 0.717) is 10.2 Å². The van der Waals surface area contributed by atoms with Gasteiger partial charge in [-0.1, -0.05) is 0 Å². The van der Waals surface area contributed by atoms with Crippen LogP contribution in [0.5, 0.6) is 0 Å². The van der Waals surface area contributed by atoms with Crippen LogP contribution in [-0.4, -0.2) is 21.9 Å². The lowest BCUT2D eigenvalue weighted by molar-refractivity contribution is -0.121. The van der Waals surface area contributed by atoms with E-state index in [1.54, 1.807) is 7.05 Å². The summed E-state index contributed by atoms with van der Waals surface area (Å²) in [5.41, 5.74) is 1.64. The Morgan fingerprint density at radius 2 is 2.24 bits per heavy atom. The molecule has 0 spiro atoms. The Labute approximate surface area is 102 Å². The molecule has 2 heterocycles. The highest BCUT2D eigenvalue weighted by Crippen LogP contribution is 2.18. The molecular weight excluding hydrogens is 238 g/mol. The lowest BCUT2D eigenvalue weighted by Crippen LogP contribution is -2.27. The van der Waals surface area contributed by atoms with E-state index in [-0.39, 0.29) is 18.0 Å². The van der Waals surface area contributed by atoms with Crippen molar-refractivity contribution in [2.24, 2.45) is 0 Å². The molecule has 0 saturated heterocycles. The van der Waals surface area contributed by atoms with Crippen LogP contribution >= 0.6 is 11.5 Å². The van der Waals surface area contributed by atoms with Crippen molar-refractivity contribution in [1.82, 2.24) is 14.3 Å². The maximum absolute atomic E-state index is 12.1. The third-order valence-electron chi connectivity index (χ3n) is 2.51. The number of rotatable bonds is 2. The predicted molar refractivity (Wildman–Crippen MR) is 67.4 cm³/mol. The second-order valence-corrected chi connectivity index (χ2v) is 4.88. The fourth-order valence-electron chi connectivity index (χ4n) is 1.71. The molecule has 17 heavy (non-hydrogen) atoms. The quantitative estimate of drug-likeness (QED) is 0.859. The Morgan fingerprint density at radius 3 is 2.88 bits per heavy atom. The summed E-state index contributed by atoms with van der Waals surface area (Å²) >= 11 is 1.23. The van der Waals surface area contributed by atoms with Crippen molar-refractivity contribution in [1.29, 1.82) is 0 Å². The van der Waals surface area contributed by atoms with Crippen LogP contribution in [0.15, 0.2) is 10.9 Å². The van der Waals surface area contributed by atoms with Crippen LogP contribution in [0.3, 0.4) is 0 Å². The molecule has 0 atom stereocenters. The maximum Gasteiger partial charge on any atom is 0.270 e. The van der Waals surface area contributed by atoms with Gasteiger partial charge in [0.25, 0.3) is 5.56 Å². The van der Waals surface area contributed by atoms with Gasteiger partial charge in [-0.25, -0.2) is 4.98 Å². The van der Waals surface area contributed by atoms with Crippen LogP contribution in [0.2, 0.25) is 0 Å². The number of fused-ring (bicyclic) bond motifs is 1. The van der Waals surface area contributed by atoms with Gasteiger partial charge in [-0.2, -0.15) is 0 Å². The Kier molecular flexibility index (Phi) is 2.97. The number of hydrogen-bond acceptors (Lipinski definition) is 4. The SMILES string of the molecule is CNC(=O)Cn1sc2nc(C)cc(C)c2c1=O. The van der Waals surface area contributed by atoms with Crippen molar-refractivity contribution >= 4 is 27.7 Å². The molecule has 5 nitrogen and oxygen atoms in total. The minimum Gasteiger partial charge on any atom is -0.358 e. The van der Waals surface area contributed by atoms with Crippen LogP contribution in [0, 0.1) is 13.8 Å². The number of hydrogen-bond donors (Lipinski definition) is 1. The summed E-state index contributed by atoms with van der Waals surface area (Å²) in [5.74, 6) is -0.187. The summed E-state index contributed by atoms with van der Waals surface area (Å²) in [6.07, 6.45) is 0. The summed E-state index contributed by atoms with van der Waals surface area (Å²) in [7, 11) is 1.55. The molecule has 2 rings (SSSR count). The first-order valence-corrected chi connectivity index (χ1v) is 5.99. The highest BCUT2D eigenvalue weighted by Gasteiger charge is 2.13. The van der Waals surface area contributed by atoms with Crippen LogP contribution in [0.4, 0.5) is 0 Å². The van der Waals surface area contributed by atoms with E-state index in [0.717, 1.165) is 11.3 Å². The summed E-state index contributed by atoms with van der Waals surface area (Å²) in [4.78, 5) is 28.4. The van der Waals surface area contributed by atoms with Crippen molar-refractivity contribution in [3.63, 3.8) is 0 Å². The minimum absolute atomic E-state index is 0.0504. The Morgan fingerprint density at radius 1 is 1.53 bits per heavy atom. The van der Waals surface area contributed by atoms with E-state index < -0.39 is 0 Å². The average molecular weight is 251 g/mol. The van der Waals surface area contributed by atoms with E-state index >= 15 is 0 Å². The number of carbonyl (C=O) groups is 1. The molecule has 2 aromatic rings. The number of pyridine rings is 1. The summed E-state index contributed by atoms with van der Waals surface area (Å²) in [5, 5.41) is 3.11. The second kappa shape index (κ2) is 4.29. The zero-order chi connectivity index (χ0) is 12.6. The van der Waals surface area contributed by atoms with Crippen molar-refractivity contribution in [3.05, 3.63) is 27.7 Å². The third kappa shape index (κ3) is 2.08. The second-order valence-electron chi connectivity index (χ2n) is 3.87. The number of aryl methyl sites for hydroxylation is 2. The largest absolute Gasteiger partial charge is 0.358 e. The molecule has 0 saturated carbocycles. The predicted octanol–water partition coefficient (Wildman–Crippen LogP) is 0.821. The molecule has 0 bridgehead atoms. The van der Waals surface area contributed by atoms with Crippen molar-refractivity contribution < 1.29 is 4.79 Å². The van der Waals surface area contributed by atoms with Gasteiger partial charge in [0.2, 0.25) is 5.91 Å². The first kappa shape index (κ1) is 11.8. The van der Waals surface area contributed by atoms with E-state index in [9.17, 15) is 9.59 Å².